The van der Waals surface area contributed by atoms with Crippen LogP contribution in [0.2, 0.25) is 0 Å². The summed E-state index contributed by atoms with van der Waals surface area (Å²) in [5.41, 5.74) is 21.0. The summed E-state index contributed by atoms with van der Waals surface area (Å²) in [5, 5.41) is 12.8. The monoisotopic (exact) mass is 1420 g/mol. The molecule has 0 saturated carbocycles. The van der Waals surface area contributed by atoms with Crippen LogP contribution in [0.3, 0.4) is 0 Å². The smallest absolute Gasteiger partial charge is 0.769 e. The predicted molar refractivity (Wildman–Crippen MR) is 386 cm³/mol. The Morgan fingerprint density at radius 3 is 1.33 bits per heavy atom. The number of carbonyl (C=O) groups is 4. The van der Waals surface area contributed by atoms with Gasteiger partial charge in [0, 0.05) is 43.4 Å². The van der Waals surface area contributed by atoms with Crippen LogP contribution in [0.5, 0.6) is 0 Å². The zero-order chi connectivity index (χ0) is 67.6. The fourth-order valence-electron chi connectivity index (χ4n) is 12.0. The normalized spacial score (nSPS) is 16.6. The van der Waals surface area contributed by atoms with Gasteiger partial charge in [0.2, 0.25) is 0 Å². The second-order valence-electron chi connectivity index (χ2n) is 23.9. The third kappa shape index (κ3) is 20.6. The molecular formula is C71H93Cl2NaO12S6. The van der Waals surface area contributed by atoms with Gasteiger partial charge in [0.25, 0.3) is 0 Å². The molecule has 4 unspecified atom stereocenters. The fourth-order valence-corrected chi connectivity index (χ4v) is 20.7. The number of aryl methyl sites for hydroxylation is 10. The molecule has 92 heavy (non-hydrogen) atoms. The first-order valence-electron chi connectivity index (χ1n) is 29.3. The summed E-state index contributed by atoms with van der Waals surface area (Å²) in [6.07, 6.45) is 0. The first-order chi connectivity index (χ1) is 41.4. The number of fused-ring (bicyclic) bond motifs is 5. The number of thiol groups is 1. The van der Waals surface area contributed by atoms with Gasteiger partial charge in [-0.2, -0.15) is 0 Å². The molecule has 0 aliphatic carbocycles. The number of ketones is 3. The number of carboxylic acids is 1. The van der Waals surface area contributed by atoms with Gasteiger partial charge >= 0.3 is 35.5 Å². The Kier molecular flexibility index (Phi) is 34.7. The minimum absolute atomic E-state index is 0. The van der Waals surface area contributed by atoms with Crippen molar-refractivity contribution >= 4 is 124 Å². The van der Waals surface area contributed by atoms with Gasteiger partial charge in [-0.3, -0.25) is 14.4 Å². The first kappa shape index (κ1) is 86.2. The van der Waals surface area contributed by atoms with Crippen molar-refractivity contribution in [3.63, 3.8) is 0 Å². The molecule has 0 amide bonds. The second-order valence-corrected chi connectivity index (χ2v) is 31.6. The van der Waals surface area contributed by atoms with Gasteiger partial charge in [0.15, 0.2) is 31.2 Å². The van der Waals surface area contributed by atoms with Crippen molar-refractivity contribution in [2.45, 2.75) is 187 Å². The molecule has 21 heteroatoms. The molecule has 500 valence electrons. The summed E-state index contributed by atoms with van der Waals surface area (Å²) in [6, 6.07) is 20.3. The molecule has 4 aliphatic rings. The van der Waals surface area contributed by atoms with E-state index in [1.807, 2.05) is 61.7 Å². The van der Waals surface area contributed by atoms with E-state index in [1.54, 1.807) is 44.2 Å². The van der Waals surface area contributed by atoms with Gasteiger partial charge in [-0.15, -0.1) is 59.1 Å². The quantitative estimate of drug-likeness (QED) is 0.0723. The van der Waals surface area contributed by atoms with Crippen LogP contribution in [0.4, 0.5) is 0 Å². The molecule has 5 N–H and O–H groups in total. The minimum Gasteiger partial charge on any atom is -0.769 e. The Bertz CT molecular complexity index is 3960. The number of hydrogen-bond donors (Lipinski definition) is 2. The van der Waals surface area contributed by atoms with Crippen LogP contribution in [-0.4, -0.2) is 85.1 Å². The number of aromatic carboxylic acids is 1. The Labute approximate surface area is 599 Å². The van der Waals surface area contributed by atoms with Gasteiger partial charge in [-0.25, -0.2) is 33.5 Å². The fraction of sp³-hybridized carbons (Fsp3) is 0.408. The summed E-state index contributed by atoms with van der Waals surface area (Å²) in [7, 11) is -6.41. The molecule has 11 rings (SSSR count). The summed E-state index contributed by atoms with van der Waals surface area (Å²) in [5.74, 6) is 3.16. The zero-order valence-corrected chi connectivity index (χ0v) is 65.6. The van der Waals surface area contributed by atoms with Gasteiger partial charge < -0.3 is 20.7 Å². The third-order valence-electron chi connectivity index (χ3n) is 16.3. The van der Waals surface area contributed by atoms with Crippen molar-refractivity contribution in [2.75, 3.05) is 28.9 Å². The molecule has 0 saturated heterocycles. The van der Waals surface area contributed by atoms with Gasteiger partial charge in [0.1, 0.15) is 5.78 Å². The third-order valence-corrected chi connectivity index (χ3v) is 25.6. The Hall–Kier alpha value is -3.83. The molecule has 0 spiro atoms. The van der Waals surface area contributed by atoms with E-state index in [1.165, 1.54) is 96.3 Å². The van der Waals surface area contributed by atoms with Crippen molar-refractivity contribution in [3.8, 4) is 0 Å². The molecule has 4 atom stereocenters. The predicted octanol–water partition coefficient (Wildman–Crippen LogP) is 13.9. The van der Waals surface area contributed by atoms with Crippen LogP contribution in [0.15, 0.2) is 90.5 Å². The van der Waals surface area contributed by atoms with Gasteiger partial charge in [-0.1, -0.05) is 69.7 Å². The zero-order valence-electron chi connectivity index (χ0n) is 57.1. The van der Waals surface area contributed by atoms with Crippen molar-refractivity contribution in [3.05, 3.63) is 177 Å². The Morgan fingerprint density at radius 2 is 0.913 bits per heavy atom. The number of sulfone groups is 2. The van der Waals surface area contributed by atoms with E-state index < -0.39 is 25.6 Å². The van der Waals surface area contributed by atoms with E-state index in [0.29, 0.717) is 43.5 Å². The second kappa shape index (κ2) is 37.1. The number of hydrogen-bond acceptors (Lipinski definition) is 13. The number of benzene rings is 6. The maximum Gasteiger partial charge on any atom is 1.00 e. The molecular weight excluding hydrogens is 1330 g/mol. The summed E-state index contributed by atoms with van der Waals surface area (Å²) < 4.78 is 57.2. The van der Waals surface area contributed by atoms with Crippen LogP contribution in [0.25, 0.3) is 10.1 Å². The molecule has 5 heterocycles. The van der Waals surface area contributed by atoms with Crippen LogP contribution in [0.1, 0.15) is 199 Å². The largest absolute Gasteiger partial charge is 1.00 e. The number of thiophene rings is 1. The summed E-state index contributed by atoms with van der Waals surface area (Å²) >= 11 is 18.4. The maximum atomic E-state index is 12.0. The number of rotatable bonds is 4. The number of Topliss-reactive ketones (excluding diaryl/α,β-unsaturated/α-hetero) is 3. The Balaban J connectivity index is 0.00000107. The number of thioether (sulfide) groups is 2. The van der Waals surface area contributed by atoms with Crippen LogP contribution in [0, 0.1) is 90.0 Å². The number of carboxylic acid groups (broad SMARTS) is 1. The van der Waals surface area contributed by atoms with E-state index >= 15 is 0 Å². The Morgan fingerprint density at radius 1 is 0.533 bits per heavy atom. The number of carbonyl (C=O) groups excluding carboxylic acids is 3. The average molecular weight is 1420 g/mol. The van der Waals surface area contributed by atoms with E-state index in [4.69, 9.17) is 21.4 Å². The maximum absolute atomic E-state index is 12.0. The minimum atomic E-state index is -3.24. The molecule has 0 radical (unpaired) electrons. The van der Waals surface area contributed by atoms with Gasteiger partial charge in [-0.05, 0) is 258 Å². The van der Waals surface area contributed by atoms with Gasteiger partial charge in [0.05, 0.1) is 32.7 Å². The van der Waals surface area contributed by atoms with Crippen molar-refractivity contribution < 1.29 is 87.7 Å². The average Bonchev–Trinajstić information content (AvgIpc) is 1.63. The molecule has 7 aromatic rings. The standard InChI is InChI=1S/C13H16O3S.C13H16OS.C12H14O4S.C11H14S.C11H12S.C8H10S.C3H5ClO.ClO.Na.2H2O.H2/c1-7-5-11(10(4)14)9(3)12-8(2)6-17(15,16)13(7)12;1-7-5-11(10(4)14)9(3)12-8(2)6-15-13(7)12;1-6-4-9(12(13)14)8(3)10-7(2)5-17(15,16)11(6)10;2*1-7-4-5-8(2)11-10(7)9(3)6-12-11;1-6-3-4-7(2)8(9)5-6;1-3(5)2-4;1-2;;;;/h5,8H,6H2,1-4H3;5,8H,6H2,1-4H3;4,7H,5H2,1-3H3,(H,13,14);4-5,9H,6H2,1-3H3;4-6H,1-3H3;3-5,9H,1-2H3;2H2,1H3;;;2*1H2;1H/q;;;;;;;-1;+1;;;. The SMILES string of the molecule is CC(=O)CCl.CC(=O)c1cc(C)c2c(c1C)C(C)CS2.CC(=O)c1cc(C)c2c(c1C)C(C)CS2(=O)=O.Cc1cc(C(=O)O)c(C)c2c1S(=O)(=O)CC2C.Cc1ccc(C)c(S)c1.Cc1ccc(C)c2c(C)csc12.Cc1ccc(C)c2c1SCC2C.O.O.[HH].[Na+].[O-]Cl. The van der Waals surface area contributed by atoms with E-state index in [2.05, 4.69) is 149 Å². The van der Waals surface area contributed by atoms with Crippen LogP contribution < -0.4 is 34.2 Å². The number of halogens is 2. The van der Waals surface area contributed by atoms with Crippen LogP contribution in [-0.2, 0) is 24.5 Å². The first-order valence-corrected chi connectivity index (χ1v) is 36.7. The van der Waals surface area contributed by atoms with Crippen molar-refractivity contribution in [1.82, 2.24) is 0 Å². The number of alkyl halides is 1. The topological polar surface area (TPSA) is 243 Å². The van der Waals surface area contributed by atoms with Crippen molar-refractivity contribution in [1.29, 1.82) is 0 Å². The molecule has 1 aromatic heterocycles. The van der Waals surface area contributed by atoms with Crippen molar-refractivity contribution in [2.24, 2.45) is 0 Å². The van der Waals surface area contributed by atoms with Crippen LogP contribution >= 0.6 is 71.0 Å². The summed E-state index contributed by atoms with van der Waals surface area (Å²) in [6.45, 7) is 39.1. The summed E-state index contributed by atoms with van der Waals surface area (Å²) in [4.78, 5) is 48.6. The molecule has 6 aromatic carbocycles. The molecule has 0 fully saturated rings. The molecule has 12 nitrogen and oxygen atoms in total. The van der Waals surface area contributed by atoms with E-state index in [0.717, 1.165) is 33.3 Å². The van der Waals surface area contributed by atoms with E-state index in [9.17, 15) is 36.0 Å². The molecule has 4 aliphatic heterocycles. The molecule has 0 bridgehead atoms. The van der Waals surface area contributed by atoms with E-state index in [-0.39, 0.29) is 94.1 Å².